The van der Waals surface area contributed by atoms with Gasteiger partial charge in [-0.2, -0.15) is 5.10 Å². The van der Waals surface area contributed by atoms with Crippen LogP contribution in [0.1, 0.15) is 17.2 Å². The fourth-order valence-electron chi connectivity index (χ4n) is 2.42. The molecule has 5 nitrogen and oxygen atoms in total. The van der Waals surface area contributed by atoms with Gasteiger partial charge in [0.2, 0.25) is 0 Å². The second kappa shape index (κ2) is 6.46. The topological polar surface area (TPSA) is 81.0 Å². The van der Waals surface area contributed by atoms with E-state index in [4.69, 9.17) is 10.5 Å². The average molecular weight is 307 g/mol. The average Bonchev–Trinajstić information content (AvgIpc) is 2.62. The summed E-state index contributed by atoms with van der Waals surface area (Å²) in [5.74, 6) is 0.726. The van der Waals surface area contributed by atoms with Gasteiger partial charge in [0, 0.05) is 11.1 Å². The van der Waals surface area contributed by atoms with Gasteiger partial charge in [-0.15, -0.1) is 0 Å². The summed E-state index contributed by atoms with van der Waals surface area (Å²) in [7, 11) is 1.61. The maximum atomic E-state index is 12.1. The number of H-pyrrole nitrogens is 1. The molecule has 0 spiro atoms. The molecule has 3 N–H and O–H groups in total. The van der Waals surface area contributed by atoms with Crippen molar-refractivity contribution in [2.75, 3.05) is 7.11 Å². The lowest BCUT2D eigenvalue weighted by atomic mass is 9.99. The van der Waals surface area contributed by atoms with Gasteiger partial charge in [-0.05, 0) is 23.8 Å². The molecule has 116 valence electrons. The third-order valence-electron chi connectivity index (χ3n) is 3.69. The van der Waals surface area contributed by atoms with Crippen molar-refractivity contribution in [3.63, 3.8) is 0 Å². The zero-order valence-corrected chi connectivity index (χ0v) is 12.7. The van der Waals surface area contributed by atoms with Crippen LogP contribution in [-0.4, -0.2) is 17.3 Å². The molecular weight excluding hydrogens is 290 g/mol. The van der Waals surface area contributed by atoms with Gasteiger partial charge in [0.25, 0.3) is 5.56 Å². The van der Waals surface area contributed by atoms with Crippen molar-refractivity contribution in [3.8, 4) is 17.0 Å². The van der Waals surface area contributed by atoms with E-state index >= 15 is 0 Å². The molecule has 0 fully saturated rings. The van der Waals surface area contributed by atoms with E-state index in [1.165, 1.54) is 0 Å². The Labute approximate surface area is 133 Å². The predicted molar refractivity (Wildman–Crippen MR) is 89.3 cm³/mol. The summed E-state index contributed by atoms with van der Waals surface area (Å²) in [6.45, 7) is 0. The predicted octanol–water partition coefficient (Wildman–Crippen LogP) is 2.49. The van der Waals surface area contributed by atoms with Gasteiger partial charge in [0.05, 0.1) is 18.8 Å². The number of aromatic nitrogens is 2. The molecule has 1 unspecified atom stereocenters. The second-order valence-electron chi connectivity index (χ2n) is 5.16. The lowest BCUT2D eigenvalue weighted by molar-refractivity contribution is 0.415. The number of rotatable bonds is 4. The zero-order chi connectivity index (χ0) is 16.2. The first-order chi connectivity index (χ1) is 11.2. The van der Waals surface area contributed by atoms with E-state index in [2.05, 4.69) is 10.2 Å². The van der Waals surface area contributed by atoms with Crippen molar-refractivity contribution in [3.05, 3.63) is 82.1 Å². The number of hydrogen-bond acceptors (Lipinski definition) is 4. The van der Waals surface area contributed by atoms with E-state index in [1.54, 1.807) is 13.2 Å². The molecule has 23 heavy (non-hydrogen) atoms. The number of hydrogen-bond donors (Lipinski definition) is 2. The number of ether oxygens (including phenoxy) is 1. The van der Waals surface area contributed by atoms with E-state index < -0.39 is 6.04 Å². The van der Waals surface area contributed by atoms with Crippen molar-refractivity contribution in [1.82, 2.24) is 10.2 Å². The fourth-order valence-corrected chi connectivity index (χ4v) is 2.42. The maximum Gasteiger partial charge on any atom is 0.269 e. The second-order valence-corrected chi connectivity index (χ2v) is 5.16. The van der Waals surface area contributed by atoms with Crippen LogP contribution >= 0.6 is 0 Å². The molecule has 0 aliphatic rings. The Morgan fingerprint density at radius 2 is 1.87 bits per heavy atom. The van der Waals surface area contributed by atoms with Crippen LogP contribution in [0.15, 0.2) is 65.5 Å². The molecule has 0 aliphatic carbocycles. The van der Waals surface area contributed by atoms with Crippen LogP contribution in [0.25, 0.3) is 11.3 Å². The normalized spacial score (nSPS) is 11.9. The minimum absolute atomic E-state index is 0.284. The molecule has 1 heterocycles. The molecule has 0 aliphatic heterocycles. The summed E-state index contributed by atoms with van der Waals surface area (Å²) >= 11 is 0. The molecule has 1 atom stereocenters. The Hall–Kier alpha value is -2.92. The molecule has 3 rings (SSSR count). The lowest BCUT2D eigenvalue weighted by Crippen LogP contribution is -2.23. The Bertz CT molecular complexity index is 859. The quantitative estimate of drug-likeness (QED) is 0.776. The summed E-state index contributed by atoms with van der Waals surface area (Å²) in [6, 6.07) is 18.2. The van der Waals surface area contributed by atoms with Crippen molar-refractivity contribution >= 4 is 0 Å². The van der Waals surface area contributed by atoms with Gasteiger partial charge in [0.15, 0.2) is 0 Å². The summed E-state index contributed by atoms with van der Waals surface area (Å²) < 4.78 is 5.22. The Balaban J connectivity index is 2.04. The number of benzene rings is 2. The van der Waals surface area contributed by atoms with Crippen LogP contribution in [0.5, 0.6) is 5.75 Å². The highest BCUT2D eigenvalue weighted by atomic mass is 16.5. The molecule has 0 bridgehead atoms. The zero-order valence-electron chi connectivity index (χ0n) is 12.7. The first kappa shape index (κ1) is 15.0. The van der Waals surface area contributed by atoms with Gasteiger partial charge >= 0.3 is 0 Å². The standard InChI is InChI=1S/C18H17N3O2/c1-23-14-9-5-8-13(10-14)16-11-15(18(22)21-20-16)17(19)12-6-3-2-4-7-12/h2-11,17H,19H2,1H3,(H,21,22). The van der Waals surface area contributed by atoms with Gasteiger partial charge in [-0.3, -0.25) is 4.79 Å². The molecule has 0 radical (unpaired) electrons. The van der Waals surface area contributed by atoms with E-state index in [0.29, 0.717) is 11.3 Å². The van der Waals surface area contributed by atoms with Gasteiger partial charge in [0.1, 0.15) is 5.75 Å². The van der Waals surface area contributed by atoms with Crippen LogP contribution in [0.2, 0.25) is 0 Å². The van der Waals surface area contributed by atoms with Crippen LogP contribution < -0.4 is 16.0 Å². The highest BCUT2D eigenvalue weighted by Gasteiger charge is 2.14. The van der Waals surface area contributed by atoms with Crippen molar-refractivity contribution in [2.45, 2.75) is 6.04 Å². The van der Waals surface area contributed by atoms with Crippen LogP contribution in [0.3, 0.4) is 0 Å². The summed E-state index contributed by atoms with van der Waals surface area (Å²) in [6.07, 6.45) is 0. The minimum atomic E-state index is -0.507. The molecule has 0 saturated carbocycles. The smallest absolute Gasteiger partial charge is 0.269 e. The van der Waals surface area contributed by atoms with E-state index in [0.717, 1.165) is 16.9 Å². The monoisotopic (exact) mass is 307 g/mol. The Morgan fingerprint density at radius 1 is 1.09 bits per heavy atom. The maximum absolute atomic E-state index is 12.1. The highest BCUT2D eigenvalue weighted by Crippen LogP contribution is 2.24. The number of nitrogens with zero attached hydrogens (tertiary/aromatic N) is 1. The third kappa shape index (κ3) is 3.14. The number of nitrogens with one attached hydrogen (secondary N) is 1. The first-order valence-electron chi connectivity index (χ1n) is 7.23. The summed E-state index contributed by atoms with van der Waals surface area (Å²) in [5.41, 5.74) is 8.81. The first-order valence-corrected chi connectivity index (χ1v) is 7.23. The molecule has 0 saturated heterocycles. The largest absolute Gasteiger partial charge is 0.497 e. The lowest BCUT2D eigenvalue weighted by Gasteiger charge is -2.12. The number of aromatic amines is 1. The molecule has 3 aromatic rings. The number of methoxy groups -OCH3 is 1. The van der Waals surface area contributed by atoms with Crippen molar-refractivity contribution in [1.29, 1.82) is 0 Å². The van der Waals surface area contributed by atoms with Crippen LogP contribution in [0, 0.1) is 0 Å². The van der Waals surface area contributed by atoms with Gasteiger partial charge in [-0.1, -0.05) is 42.5 Å². The third-order valence-corrected chi connectivity index (χ3v) is 3.69. The molecular formula is C18H17N3O2. The SMILES string of the molecule is COc1cccc(-c2cc(C(N)c3ccccc3)c(=O)[nH]n2)c1. The molecule has 5 heteroatoms. The van der Waals surface area contributed by atoms with Gasteiger partial charge < -0.3 is 10.5 Å². The van der Waals surface area contributed by atoms with Crippen molar-refractivity contribution in [2.24, 2.45) is 5.73 Å². The van der Waals surface area contributed by atoms with Gasteiger partial charge in [-0.25, -0.2) is 5.10 Å². The molecule has 0 amide bonds. The van der Waals surface area contributed by atoms with E-state index in [9.17, 15) is 4.79 Å². The fraction of sp³-hybridized carbons (Fsp3) is 0.111. The summed E-state index contributed by atoms with van der Waals surface area (Å²) in [5, 5.41) is 6.64. The van der Waals surface area contributed by atoms with E-state index in [1.807, 2.05) is 54.6 Å². The molecule has 1 aromatic heterocycles. The molecule has 2 aromatic carbocycles. The minimum Gasteiger partial charge on any atom is -0.497 e. The van der Waals surface area contributed by atoms with Crippen molar-refractivity contribution < 1.29 is 4.74 Å². The van der Waals surface area contributed by atoms with Crippen LogP contribution in [-0.2, 0) is 0 Å². The summed E-state index contributed by atoms with van der Waals surface area (Å²) in [4.78, 5) is 12.1. The van der Waals surface area contributed by atoms with Crippen LogP contribution in [0.4, 0.5) is 0 Å². The number of nitrogens with two attached hydrogens (primary N) is 1. The Kier molecular flexibility index (Phi) is 4.21. The Morgan fingerprint density at radius 3 is 2.61 bits per heavy atom. The van der Waals surface area contributed by atoms with E-state index in [-0.39, 0.29) is 5.56 Å². The highest BCUT2D eigenvalue weighted by molar-refractivity contribution is 5.61.